The van der Waals surface area contributed by atoms with E-state index in [1.807, 2.05) is 67.1 Å². The second-order valence-corrected chi connectivity index (χ2v) is 7.43. The normalized spacial score (nSPS) is 12.2. The van der Waals surface area contributed by atoms with Crippen molar-refractivity contribution in [2.75, 3.05) is 5.32 Å². The lowest BCUT2D eigenvalue weighted by Gasteiger charge is -2.13. The van der Waals surface area contributed by atoms with Gasteiger partial charge in [-0.2, -0.15) is 0 Å². The third-order valence-electron chi connectivity index (χ3n) is 4.28. The maximum atomic E-state index is 12.7. The number of fused-ring (bicyclic) bond motifs is 1. The molecule has 1 atom stereocenters. The summed E-state index contributed by atoms with van der Waals surface area (Å²) in [6, 6.07) is 17.5. The molecule has 0 aliphatic heterocycles. The third kappa shape index (κ3) is 3.46. The number of nitrogens with zero attached hydrogens (tertiary/aromatic N) is 3. The quantitative estimate of drug-likeness (QED) is 0.523. The van der Waals surface area contributed by atoms with Gasteiger partial charge in [0, 0.05) is 18.1 Å². The van der Waals surface area contributed by atoms with Gasteiger partial charge in [-0.25, -0.2) is 0 Å². The van der Waals surface area contributed by atoms with E-state index in [1.54, 1.807) is 12.3 Å². The molecule has 0 spiro atoms. The van der Waals surface area contributed by atoms with E-state index in [0.717, 1.165) is 16.5 Å². The number of benzene rings is 2. The van der Waals surface area contributed by atoms with Gasteiger partial charge in [-0.3, -0.25) is 4.79 Å². The summed E-state index contributed by atoms with van der Waals surface area (Å²) in [5.41, 5.74) is 0.805. The van der Waals surface area contributed by atoms with Crippen LogP contribution in [0.5, 0.6) is 0 Å². The minimum absolute atomic E-state index is 0.0844. The first-order valence-electron chi connectivity index (χ1n) is 8.52. The molecule has 4 aromatic rings. The van der Waals surface area contributed by atoms with Crippen LogP contribution in [0.15, 0.2) is 70.4 Å². The maximum absolute atomic E-state index is 12.7. The van der Waals surface area contributed by atoms with Gasteiger partial charge in [0.2, 0.25) is 5.91 Å². The number of carbonyl (C=O) groups excluding carboxylic acids is 1. The standard InChI is InChI=1S/C20H18N4O2S/c1-13(27-20-23-22-18(24(20)2)17-11-6-12-26-17)19(25)21-16-10-5-8-14-7-3-4-9-15(14)16/h3-13H,1-2H3,(H,21,25)/t13-/m1/s1. The monoisotopic (exact) mass is 378 g/mol. The fourth-order valence-corrected chi connectivity index (χ4v) is 3.63. The number of furan rings is 1. The van der Waals surface area contributed by atoms with E-state index in [1.165, 1.54) is 11.8 Å². The molecule has 2 heterocycles. The van der Waals surface area contributed by atoms with Gasteiger partial charge in [0.05, 0.1) is 11.5 Å². The number of thioether (sulfide) groups is 1. The molecule has 2 aromatic carbocycles. The van der Waals surface area contributed by atoms with Crippen molar-refractivity contribution in [3.63, 3.8) is 0 Å². The molecule has 0 unspecified atom stereocenters. The fourth-order valence-electron chi connectivity index (χ4n) is 2.82. The van der Waals surface area contributed by atoms with Crippen molar-refractivity contribution in [1.29, 1.82) is 0 Å². The Morgan fingerprint density at radius 2 is 1.93 bits per heavy atom. The van der Waals surface area contributed by atoms with Crippen LogP contribution >= 0.6 is 11.8 Å². The van der Waals surface area contributed by atoms with Crippen molar-refractivity contribution >= 4 is 34.1 Å². The number of hydrogen-bond donors (Lipinski definition) is 1. The first-order valence-corrected chi connectivity index (χ1v) is 9.40. The summed E-state index contributed by atoms with van der Waals surface area (Å²) >= 11 is 1.36. The molecule has 0 aliphatic carbocycles. The van der Waals surface area contributed by atoms with E-state index in [9.17, 15) is 4.79 Å². The van der Waals surface area contributed by atoms with Crippen molar-refractivity contribution in [3.8, 4) is 11.6 Å². The SMILES string of the molecule is C[C@@H](Sc1nnc(-c2ccco2)n1C)C(=O)Nc1cccc2ccccc12. The lowest BCUT2D eigenvalue weighted by Crippen LogP contribution is -2.23. The smallest absolute Gasteiger partial charge is 0.237 e. The average molecular weight is 378 g/mol. The maximum Gasteiger partial charge on any atom is 0.237 e. The molecule has 2 aromatic heterocycles. The van der Waals surface area contributed by atoms with Gasteiger partial charge in [0.15, 0.2) is 16.7 Å². The van der Waals surface area contributed by atoms with Gasteiger partial charge in [0.25, 0.3) is 0 Å². The van der Waals surface area contributed by atoms with Crippen LogP contribution in [0, 0.1) is 0 Å². The zero-order valence-electron chi connectivity index (χ0n) is 14.9. The van der Waals surface area contributed by atoms with Gasteiger partial charge in [-0.05, 0) is 30.5 Å². The van der Waals surface area contributed by atoms with Gasteiger partial charge in [0.1, 0.15) is 0 Å². The lowest BCUT2D eigenvalue weighted by atomic mass is 10.1. The summed E-state index contributed by atoms with van der Waals surface area (Å²) in [6.07, 6.45) is 1.59. The summed E-state index contributed by atoms with van der Waals surface area (Å²) in [7, 11) is 1.86. The molecule has 27 heavy (non-hydrogen) atoms. The Balaban J connectivity index is 1.50. The van der Waals surface area contributed by atoms with E-state index in [-0.39, 0.29) is 11.2 Å². The van der Waals surface area contributed by atoms with E-state index >= 15 is 0 Å². The minimum Gasteiger partial charge on any atom is -0.461 e. The first-order chi connectivity index (χ1) is 13.1. The second kappa shape index (κ2) is 7.28. The summed E-state index contributed by atoms with van der Waals surface area (Å²) in [5, 5.41) is 13.8. The Hall–Kier alpha value is -3.06. The largest absolute Gasteiger partial charge is 0.461 e. The Morgan fingerprint density at radius 3 is 2.74 bits per heavy atom. The van der Waals surface area contributed by atoms with Gasteiger partial charge in [-0.1, -0.05) is 48.2 Å². The molecule has 4 rings (SSSR count). The number of rotatable bonds is 5. The van der Waals surface area contributed by atoms with Gasteiger partial charge in [-0.15, -0.1) is 10.2 Å². The Kier molecular flexibility index (Phi) is 4.68. The fraction of sp³-hybridized carbons (Fsp3) is 0.150. The van der Waals surface area contributed by atoms with E-state index in [0.29, 0.717) is 16.7 Å². The molecule has 0 bridgehead atoms. The summed E-state index contributed by atoms with van der Waals surface area (Å²) in [6.45, 7) is 1.85. The Morgan fingerprint density at radius 1 is 1.11 bits per heavy atom. The zero-order chi connectivity index (χ0) is 18.8. The number of nitrogens with one attached hydrogen (secondary N) is 1. The van der Waals surface area contributed by atoms with E-state index in [4.69, 9.17) is 4.42 Å². The van der Waals surface area contributed by atoms with Crippen LogP contribution in [0.25, 0.3) is 22.4 Å². The Labute approximate surface area is 160 Å². The Bertz CT molecular complexity index is 1080. The van der Waals surface area contributed by atoms with E-state index in [2.05, 4.69) is 15.5 Å². The molecule has 0 fully saturated rings. The molecule has 6 nitrogen and oxygen atoms in total. The van der Waals surface area contributed by atoms with Crippen LogP contribution in [0.2, 0.25) is 0 Å². The molecule has 0 radical (unpaired) electrons. The lowest BCUT2D eigenvalue weighted by molar-refractivity contribution is -0.115. The van der Waals surface area contributed by atoms with Crippen molar-refractivity contribution in [1.82, 2.24) is 14.8 Å². The van der Waals surface area contributed by atoms with Crippen molar-refractivity contribution in [2.24, 2.45) is 7.05 Å². The van der Waals surface area contributed by atoms with Crippen LogP contribution < -0.4 is 5.32 Å². The van der Waals surface area contributed by atoms with Crippen LogP contribution in [0.4, 0.5) is 5.69 Å². The molecule has 136 valence electrons. The van der Waals surface area contributed by atoms with Crippen LogP contribution in [-0.2, 0) is 11.8 Å². The average Bonchev–Trinajstić information content (AvgIpc) is 3.32. The van der Waals surface area contributed by atoms with Crippen LogP contribution in [0.3, 0.4) is 0 Å². The number of aromatic nitrogens is 3. The summed E-state index contributed by atoms with van der Waals surface area (Å²) < 4.78 is 7.20. The zero-order valence-corrected chi connectivity index (χ0v) is 15.7. The molecule has 7 heteroatoms. The van der Waals surface area contributed by atoms with Gasteiger partial charge >= 0.3 is 0 Å². The molecule has 1 N–H and O–H groups in total. The number of amides is 1. The van der Waals surface area contributed by atoms with Crippen molar-refractivity contribution in [2.45, 2.75) is 17.3 Å². The highest BCUT2D eigenvalue weighted by Gasteiger charge is 2.20. The molecular formula is C20H18N4O2S. The van der Waals surface area contributed by atoms with Crippen molar-refractivity contribution in [3.05, 3.63) is 60.9 Å². The van der Waals surface area contributed by atoms with E-state index < -0.39 is 0 Å². The highest BCUT2D eigenvalue weighted by Crippen LogP contribution is 2.28. The predicted molar refractivity (Wildman–Crippen MR) is 107 cm³/mol. The second-order valence-electron chi connectivity index (χ2n) is 6.12. The molecular weight excluding hydrogens is 360 g/mol. The number of anilines is 1. The number of carbonyl (C=O) groups is 1. The van der Waals surface area contributed by atoms with Crippen LogP contribution in [0.1, 0.15) is 6.92 Å². The summed E-state index contributed by atoms with van der Waals surface area (Å²) in [5.74, 6) is 1.19. The molecule has 0 saturated heterocycles. The van der Waals surface area contributed by atoms with Crippen molar-refractivity contribution < 1.29 is 9.21 Å². The molecule has 0 saturated carbocycles. The molecule has 0 aliphatic rings. The summed E-state index contributed by atoms with van der Waals surface area (Å²) in [4.78, 5) is 12.7. The minimum atomic E-state index is -0.337. The van der Waals surface area contributed by atoms with Crippen LogP contribution in [-0.4, -0.2) is 25.9 Å². The third-order valence-corrected chi connectivity index (χ3v) is 5.41. The first kappa shape index (κ1) is 17.4. The highest BCUT2D eigenvalue weighted by molar-refractivity contribution is 8.00. The topological polar surface area (TPSA) is 73.0 Å². The molecule has 1 amide bonds. The number of hydrogen-bond acceptors (Lipinski definition) is 5. The highest BCUT2D eigenvalue weighted by atomic mass is 32.2. The predicted octanol–water partition coefficient (Wildman–Crippen LogP) is 4.35. The van der Waals surface area contributed by atoms with Gasteiger partial charge < -0.3 is 14.3 Å².